The summed E-state index contributed by atoms with van der Waals surface area (Å²) in [6, 6.07) is 21.4. The topological polar surface area (TPSA) is 62.3 Å². The summed E-state index contributed by atoms with van der Waals surface area (Å²) in [7, 11) is 1.78. The van der Waals surface area contributed by atoms with Gasteiger partial charge in [-0.3, -0.25) is 14.6 Å². The van der Waals surface area contributed by atoms with Crippen LogP contribution in [0.15, 0.2) is 79.1 Å². The molecule has 2 amide bonds. The van der Waals surface area contributed by atoms with Gasteiger partial charge in [0.05, 0.1) is 5.41 Å². The van der Waals surface area contributed by atoms with Crippen LogP contribution >= 0.6 is 0 Å². The first-order valence-electron chi connectivity index (χ1n) is 9.67. The number of fused-ring (bicyclic) bond motifs is 1. The van der Waals surface area contributed by atoms with Crippen molar-refractivity contribution in [1.82, 2.24) is 10.3 Å². The number of pyridine rings is 1. The fourth-order valence-corrected chi connectivity index (χ4v) is 4.10. The number of hydrogen-bond acceptors (Lipinski definition) is 3. The maximum Gasteiger partial charge on any atom is 0.238 e. The molecule has 29 heavy (non-hydrogen) atoms. The third-order valence-electron chi connectivity index (χ3n) is 5.52. The summed E-state index contributed by atoms with van der Waals surface area (Å²) in [4.78, 5) is 32.1. The molecule has 2 aromatic carbocycles. The van der Waals surface area contributed by atoms with Gasteiger partial charge in [-0.05, 0) is 35.2 Å². The Morgan fingerprint density at radius 3 is 2.48 bits per heavy atom. The number of carbonyl (C=O) groups excluding carboxylic acids is 2. The number of aromatic nitrogens is 1. The highest BCUT2D eigenvalue weighted by atomic mass is 16.2. The fourth-order valence-electron chi connectivity index (χ4n) is 4.10. The summed E-state index contributed by atoms with van der Waals surface area (Å²) in [5, 5.41) is 2.95. The van der Waals surface area contributed by atoms with Crippen molar-refractivity contribution in [3.63, 3.8) is 0 Å². The van der Waals surface area contributed by atoms with Crippen molar-refractivity contribution in [2.45, 2.75) is 24.8 Å². The Morgan fingerprint density at radius 2 is 1.72 bits per heavy atom. The summed E-state index contributed by atoms with van der Waals surface area (Å²) >= 11 is 0. The molecule has 0 aliphatic carbocycles. The summed E-state index contributed by atoms with van der Waals surface area (Å²) in [6.45, 7) is 0.389. The molecule has 0 radical (unpaired) electrons. The highest BCUT2D eigenvalue weighted by Crippen LogP contribution is 2.45. The first-order valence-corrected chi connectivity index (χ1v) is 9.67. The Kier molecular flexibility index (Phi) is 5.12. The zero-order valence-corrected chi connectivity index (χ0v) is 16.3. The highest BCUT2D eigenvalue weighted by molar-refractivity contribution is 6.09. The van der Waals surface area contributed by atoms with E-state index in [0.717, 1.165) is 22.4 Å². The molecular formula is C24H23N3O2. The van der Waals surface area contributed by atoms with Gasteiger partial charge in [0.25, 0.3) is 0 Å². The molecular weight excluding hydrogens is 362 g/mol. The normalized spacial score (nSPS) is 17.8. The molecule has 0 spiro atoms. The van der Waals surface area contributed by atoms with E-state index in [0.29, 0.717) is 13.0 Å². The van der Waals surface area contributed by atoms with Crippen molar-refractivity contribution < 1.29 is 9.59 Å². The second-order valence-corrected chi connectivity index (χ2v) is 7.44. The average Bonchev–Trinajstić information content (AvgIpc) is 2.96. The largest absolute Gasteiger partial charge is 0.352 e. The average molecular weight is 385 g/mol. The monoisotopic (exact) mass is 385 g/mol. The molecule has 0 saturated carbocycles. The lowest BCUT2D eigenvalue weighted by atomic mass is 9.73. The molecule has 0 unspecified atom stereocenters. The number of carbonyl (C=O) groups is 2. The van der Waals surface area contributed by atoms with Gasteiger partial charge in [0, 0.05) is 38.1 Å². The predicted octanol–water partition coefficient (Wildman–Crippen LogP) is 3.25. The van der Waals surface area contributed by atoms with E-state index in [4.69, 9.17) is 0 Å². The van der Waals surface area contributed by atoms with Crippen molar-refractivity contribution in [3.05, 3.63) is 95.8 Å². The molecule has 1 aliphatic heterocycles. The number of benzene rings is 2. The van der Waals surface area contributed by atoms with Gasteiger partial charge in [-0.15, -0.1) is 0 Å². The summed E-state index contributed by atoms with van der Waals surface area (Å²) in [5.74, 6) is -0.192. The number of para-hydroxylation sites is 1. The third kappa shape index (κ3) is 3.63. The molecule has 0 bridgehead atoms. The maximum absolute atomic E-state index is 13.4. The molecule has 2 heterocycles. The van der Waals surface area contributed by atoms with Crippen LogP contribution in [0.2, 0.25) is 0 Å². The molecule has 0 fully saturated rings. The molecule has 1 aromatic heterocycles. The molecule has 5 nitrogen and oxygen atoms in total. The predicted molar refractivity (Wildman–Crippen MR) is 112 cm³/mol. The maximum atomic E-state index is 13.4. The van der Waals surface area contributed by atoms with Gasteiger partial charge < -0.3 is 10.2 Å². The molecule has 4 rings (SSSR count). The highest BCUT2D eigenvalue weighted by Gasteiger charge is 2.50. The van der Waals surface area contributed by atoms with Crippen LogP contribution in [0.5, 0.6) is 0 Å². The quantitative estimate of drug-likeness (QED) is 0.709. The van der Waals surface area contributed by atoms with E-state index in [9.17, 15) is 9.59 Å². The molecule has 1 N–H and O–H groups in total. The van der Waals surface area contributed by atoms with Crippen LogP contribution in [0, 0.1) is 0 Å². The molecule has 5 heteroatoms. The standard InChI is InChI=1S/C24H23N3O2/c1-27-21-12-6-5-11-20(21)24(23(27)29,14-18-8-3-2-4-9-18)15-22(28)26-17-19-10-7-13-25-16-19/h2-13,16H,14-15,17H2,1H3,(H,26,28)/t24-/m1/s1. The first-order chi connectivity index (χ1) is 14.1. The van der Waals surface area contributed by atoms with Gasteiger partial charge in [0.1, 0.15) is 0 Å². The lowest BCUT2D eigenvalue weighted by Gasteiger charge is -2.28. The van der Waals surface area contributed by atoms with Crippen molar-refractivity contribution in [1.29, 1.82) is 0 Å². The molecule has 1 atom stereocenters. The number of nitrogens with one attached hydrogen (secondary N) is 1. The zero-order chi connectivity index (χ0) is 20.3. The summed E-state index contributed by atoms with van der Waals surface area (Å²) < 4.78 is 0. The minimum Gasteiger partial charge on any atom is -0.352 e. The minimum atomic E-state index is -0.911. The Labute approximate surface area is 170 Å². The van der Waals surface area contributed by atoms with Gasteiger partial charge in [-0.1, -0.05) is 54.6 Å². The van der Waals surface area contributed by atoms with Crippen LogP contribution in [0.4, 0.5) is 5.69 Å². The second-order valence-electron chi connectivity index (χ2n) is 7.44. The van der Waals surface area contributed by atoms with E-state index in [1.807, 2.05) is 66.7 Å². The Hall–Kier alpha value is -3.47. The van der Waals surface area contributed by atoms with Gasteiger partial charge in [-0.25, -0.2) is 0 Å². The number of hydrogen-bond donors (Lipinski definition) is 1. The van der Waals surface area contributed by atoms with Crippen molar-refractivity contribution in [2.75, 3.05) is 11.9 Å². The van der Waals surface area contributed by atoms with Crippen LogP contribution in [0.25, 0.3) is 0 Å². The smallest absolute Gasteiger partial charge is 0.238 e. The van der Waals surface area contributed by atoms with E-state index in [-0.39, 0.29) is 18.2 Å². The van der Waals surface area contributed by atoms with Crippen molar-refractivity contribution in [2.24, 2.45) is 0 Å². The van der Waals surface area contributed by atoms with E-state index in [2.05, 4.69) is 10.3 Å². The van der Waals surface area contributed by atoms with Crippen LogP contribution in [-0.2, 0) is 28.0 Å². The number of rotatable bonds is 6. The second kappa shape index (κ2) is 7.87. The fraction of sp³-hybridized carbons (Fsp3) is 0.208. The van der Waals surface area contributed by atoms with Crippen LogP contribution in [0.3, 0.4) is 0 Å². The number of nitrogens with zero attached hydrogens (tertiary/aromatic N) is 2. The van der Waals surface area contributed by atoms with Gasteiger partial charge in [0.2, 0.25) is 11.8 Å². The number of amides is 2. The SMILES string of the molecule is CN1C(=O)[C@@](CC(=O)NCc2cccnc2)(Cc2ccccc2)c2ccccc21. The van der Waals surface area contributed by atoms with Gasteiger partial charge in [0.15, 0.2) is 0 Å². The van der Waals surface area contributed by atoms with Gasteiger partial charge in [-0.2, -0.15) is 0 Å². The molecule has 1 aliphatic rings. The first kappa shape index (κ1) is 18.9. The molecule has 146 valence electrons. The third-order valence-corrected chi connectivity index (χ3v) is 5.52. The van der Waals surface area contributed by atoms with E-state index < -0.39 is 5.41 Å². The zero-order valence-electron chi connectivity index (χ0n) is 16.3. The van der Waals surface area contributed by atoms with Crippen LogP contribution < -0.4 is 10.2 Å². The summed E-state index contributed by atoms with van der Waals surface area (Å²) in [5.41, 5.74) is 2.83. The van der Waals surface area contributed by atoms with Crippen molar-refractivity contribution >= 4 is 17.5 Å². The minimum absolute atomic E-state index is 0.0425. The van der Waals surface area contributed by atoms with Crippen LogP contribution in [-0.4, -0.2) is 23.8 Å². The van der Waals surface area contributed by atoms with Crippen LogP contribution in [0.1, 0.15) is 23.1 Å². The number of likely N-dealkylation sites (N-methyl/N-ethyl adjacent to an activating group) is 1. The molecule has 0 saturated heterocycles. The Balaban J connectivity index is 1.64. The van der Waals surface area contributed by atoms with E-state index >= 15 is 0 Å². The lowest BCUT2D eigenvalue weighted by Crippen LogP contribution is -2.44. The Bertz CT molecular complexity index is 1020. The molecule has 3 aromatic rings. The Morgan fingerprint density at radius 1 is 1.00 bits per heavy atom. The van der Waals surface area contributed by atoms with Gasteiger partial charge >= 0.3 is 0 Å². The number of anilines is 1. The van der Waals surface area contributed by atoms with E-state index in [1.165, 1.54) is 0 Å². The van der Waals surface area contributed by atoms with E-state index in [1.54, 1.807) is 24.3 Å². The van der Waals surface area contributed by atoms with Crippen molar-refractivity contribution in [3.8, 4) is 0 Å². The lowest BCUT2D eigenvalue weighted by molar-refractivity contribution is -0.129. The summed E-state index contributed by atoms with van der Waals surface area (Å²) in [6.07, 6.45) is 4.00.